The summed E-state index contributed by atoms with van der Waals surface area (Å²) in [6, 6.07) is 15.3. The molecule has 0 unspecified atom stereocenters. The van der Waals surface area contributed by atoms with Gasteiger partial charge in [-0.25, -0.2) is 0 Å². The normalized spacial score (nSPS) is 10.1. The lowest BCUT2D eigenvalue weighted by Gasteiger charge is -2.09. The van der Waals surface area contributed by atoms with E-state index in [0.717, 1.165) is 22.8 Å². The van der Waals surface area contributed by atoms with Gasteiger partial charge in [-0.1, -0.05) is 18.2 Å². The van der Waals surface area contributed by atoms with Crippen molar-refractivity contribution >= 4 is 0 Å². The standard InChI is InChI=1S/C16H19NO3/c1-18-14-7-5-13(6-8-14)12-20-16-4-2-3-15(11-16)19-10-9-17/h2-8,11H,9-10,12,17H2,1H3. The predicted molar refractivity (Wildman–Crippen MR) is 78.3 cm³/mol. The molecule has 2 aromatic rings. The fourth-order valence-electron chi connectivity index (χ4n) is 1.72. The lowest BCUT2D eigenvalue weighted by molar-refractivity contribution is 0.297. The van der Waals surface area contributed by atoms with Crippen LogP contribution in [0.3, 0.4) is 0 Å². The molecule has 0 aromatic heterocycles. The average molecular weight is 273 g/mol. The summed E-state index contributed by atoms with van der Waals surface area (Å²) in [7, 11) is 1.65. The van der Waals surface area contributed by atoms with E-state index in [4.69, 9.17) is 19.9 Å². The minimum Gasteiger partial charge on any atom is -0.497 e. The van der Waals surface area contributed by atoms with E-state index in [-0.39, 0.29) is 0 Å². The van der Waals surface area contributed by atoms with Gasteiger partial charge in [0.05, 0.1) is 7.11 Å². The fraction of sp³-hybridized carbons (Fsp3) is 0.250. The zero-order valence-corrected chi connectivity index (χ0v) is 11.5. The molecular formula is C16H19NO3. The first-order valence-electron chi connectivity index (χ1n) is 6.50. The van der Waals surface area contributed by atoms with Crippen LogP contribution >= 0.6 is 0 Å². The number of rotatable bonds is 7. The van der Waals surface area contributed by atoms with Crippen LogP contribution in [0.15, 0.2) is 48.5 Å². The van der Waals surface area contributed by atoms with Crippen molar-refractivity contribution in [3.63, 3.8) is 0 Å². The van der Waals surface area contributed by atoms with Crippen molar-refractivity contribution in [3.8, 4) is 17.2 Å². The van der Waals surface area contributed by atoms with Gasteiger partial charge in [-0.2, -0.15) is 0 Å². The van der Waals surface area contributed by atoms with E-state index >= 15 is 0 Å². The molecule has 20 heavy (non-hydrogen) atoms. The van der Waals surface area contributed by atoms with Crippen molar-refractivity contribution in [2.24, 2.45) is 5.73 Å². The molecule has 4 nitrogen and oxygen atoms in total. The number of nitrogens with two attached hydrogens (primary N) is 1. The molecule has 0 aliphatic carbocycles. The van der Waals surface area contributed by atoms with Gasteiger partial charge in [-0.05, 0) is 29.8 Å². The van der Waals surface area contributed by atoms with E-state index < -0.39 is 0 Å². The van der Waals surface area contributed by atoms with Crippen molar-refractivity contribution < 1.29 is 14.2 Å². The predicted octanol–water partition coefficient (Wildman–Crippen LogP) is 2.61. The first kappa shape index (κ1) is 14.2. The van der Waals surface area contributed by atoms with Gasteiger partial charge in [0.15, 0.2) is 0 Å². The maximum absolute atomic E-state index is 5.73. The number of hydrogen-bond acceptors (Lipinski definition) is 4. The van der Waals surface area contributed by atoms with Crippen molar-refractivity contribution in [2.45, 2.75) is 6.61 Å². The maximum Gasteiger partial charge on any atom is 0.123 e. The molecule has 2 rings (SSSR count). The molecule has 2 aromatic carbocycles. The maximum atomic E-state index is 5.73. The third-order valence-electron chi connectivity index (χ3n) is 2.76. The molecule has 0 fully saturated rings. The van der Waals surface area contributed by atoms with Crippen LogP contribution in [0.1, 0.15) is 5.56 Å². The molecular weight excluding hydrogens is 254 g/mol. The molecule has 4 heteroatoms. The highest BCUT2D eigenvalue weighted by Crippen LogP contribution is 2.20. The molecule has 0 saturated heterocycles. The smallest absolute Gasteiger partial charge is 0.123 e. The zero-order chi connectivity index (χ0) is 14.2. The van der Waals surface area contributed by atoms with E-state index in [2.05, 4.69) is 0 Å². The van der Waals surface area contributed by atoms with Gasteiger partial charge in [-0.3, -0.25) is 0 Å². The van der Waals surface area contributed by atoms with Crippen LogP contribution in [-0.4, -0.2) is 20.3 Å². The summed E-state index contributed by atoms with van der Waals surface area (Å²) in [6.07, 6.45) is 0. The Bertz CT molecular complexity index is 526. The van der Waals surface area contributed by atoms with Crippen molar-refractivity contribution in [2.75, 3.05) is 20.3 Å². The molecule has 0 amide bonds. The Hall–Kier alpha value is -2.20. The Balaban J connectivity index is 1.92. The SMILES string of the molecule is COc1ccc(COc2cccc(OCCN)c2)cc1. The second kappa shape index (κ2) is 7.40. The van der Waals surface area contributed by atoms with Gasteiger partial charge in [-0.15, -0.1) is 0 Å². The second-order valence-corrected chi connectivity index (χ2v) is 4.25. The molecule has 0 radical (unpaired) electrons. The number of methoxy groups -OCH3 is 1. The number of benzene rings is 2. The van der Waals surface area contributed by atoms with Gasteiger partial charge in [0, 0.05) is 12.6 Å². The lowest BCUT2D eigenvalue weighted by Crippen LogP contribution is -2.10. The first-order chi connectivity index (χ1) is 9.81. The van der Waals surface area contributed by atoms with Gasteiger partial charge in [0.2, 0.25) is 0 Å². The van der Waals surface area contributed by atoms with E-state index in [1.165, 1.54) is 0 Å². The molecule has 2 N–H and O–H groups in total. The third-order valence-corrected chi connectivity index (χ3v) is 2.76. The van der Waals surface area contributed by atoms with E-state index in [9.17, 15) is 0 Å². The lowest BCUT2D eigenvalue weighted by atomic mass is 10.2. The van der Waals surface area contributed by atoms with Crippen LogP contribution in [-0.2, 0) is 6.61 Å². The molecule has 106 valence electrons. The minimum absolute atomic E-state index is 0.497. The highest BCUT2D eigenvalue weighted by atomic mass is 16.5. The fourth-order valence-corrected chi connectivity index (χ4v) is 1.72. The summed E-state index contributed by atoms with van der Waals surface area (Å²) < 4.78 is 16.3. The van der Waals surface area contributed by atoms with E-state index in [1.807, 2.05) is 48.5 Å². The topological polar surface area (TPSA) is 53.7 Å². The highest BCUT2D eigenvalue weighted by Gasteiger charge is 1.99. The zero-order valence-electron chi connectivity index (χ0n) is 11.5. The molecule has 0 aliphatic heterocycles. The van der Waals surface area contributed by atoms with Crippen molar-refractivity contribution in [1.82, 2.24) is 0 Å². The quantitative estimate of drug-likeness (QED) is 0.842. The molecule has 0 heterocycles. The highest BCUT2D eigenvalue weighted by molar-refractivity contribution is 5.33. The van der Waals surface area contributed by atoms with Crippen LogP contribution in [0, 0.1) is 0 Å². The number of ether oxygens (including phenoxy) is 3. The van der Waals surface area contributed by atoms with Crippen LogP contribution in [0.2, 0.25) is 0 Å². The second-order valence-electron chi connectivity index (χ2n) is 4.25. The Labute approximate surface area is 119 Å². The summed E-state index contributed by atoms with van der Waals surface area (Å²) in [5.74, 6) is 2.38. The summed E-state index contributed by atoms with van der Waals surface area (Å²) in [6.45, 7) is 1.50. The van der Waals surface area contributed by atoms with Crippen LogP contribution in [0.4, 0.5) is 0 Å². The van der Waals surface area contributed by atoms with Crippen LogP contribution in [0.25, 0.3) is 0 Å². The summed E-state index contributed by atoms with van der Waals surface area (Å²) >= 11 is 0. The Kier molecular flexibility index (Phi) is 5.26. The molecule has 0 atom stereocenters. The number of hydrogen-bond donors (Lipinski definition) is 1. The van der Waals surface area contributed by atoms with E-state index in [0.29, 0.717) is 19.8 Å². The Morgan fingerprint density at radius 3 is 2.25 bits per heavy atom. The van der Waals surface area contributed by atoms with Crippen molar-refractivity contribution in [1.29, 1.82) is 0 Å². The monoisotopic (exact) mass is 273 g/mol. The van der Waals surface area contributed by atoms with Gasteiger partial charge < -0.3 is 19.9 Å². The largest absolute Gasteiger partial charge is 0.497 e. The summed E-state index contributed by atoms with van der Waals surface area (Å²) in [4.78, 5) is 0. The Morgan fingerprint density at radius 2 is 1.60 bits per heavy atom. The van der Waals surface area contributed by atoms with Crippen LogP contribution in [0.5, 0.6) is 17.2 Å². The molecule has 0 aliphatic rings. The molecule has 0 saturated carbocycles. The van der Waals surface area contributed by atoms with Gasteiger partial charge in [0.1, 0.15) is 30.5 Å². The van der Waals surface area contributed by atoms with Crippen LogP contribution < -0.4 is 19.9 Å². The Morgan fingerprint density at radius 1 is 0.900 bits per heavy atom. The average Bonchev–Trinajstić information content (AvgIpc) is 2.52. The minimum atomic E-state index is 0.497. The first-order valence-corrected chi connectivity index (χ1v) is 6.50. The summed E-state index contributed by atoms with van der Waals surface area (Å²) in [5, 5.41) is 0. The molecule has 0 bridgehead atoms. The molecule has 0 spiro atoms. The van der Waals surface area contributed by atoms with Gasteiger partial charge in [0.25, 0.3) is 0 Å². The van der Waals surface area contributed by atoms with E-state index in [1.54, 1.807) is 7.11 Å². The van der Waals surface area contributed by atoms with Crippen molar-refractivity contribution in [3.05, 3.63) is 54.1 Å². The third kappa shape index (κ3) is 4.17. The van der Waals surface area contributed by atoms with Gasteiger partial charge >= 0.3 is 0 Å². The summed E-state index contributed by atoms with van der Waals surface area (Å²) in [5.41, 5.74) is 6.49.